The summed E-state index contributed by atoms with van der Waals surface area (Å²) in [7, 11) is 0. The lowest BCUT2D eigenvalue weighted by Crippen LogP contribution is -2.27. The Kier molecular flexibility index (Phi) is 7.48. The molecule has 1 aromatic heterocycles. The van der Waals surface area contributed by atoms with Crippen LogP contribution in [0.4, 0.5) is 0 Å². The van der Waals surface area contributed by atoms with Gasteiger partial charge in [-0.2, -0.15) is 0 Å². The molecule has 0 fully saturated rings. The van der Waals surface area contributed by atoms with E-state index in [1.54, 1.807) is 38.2 Å². The molecule has 2 rings (SSSR count). The second kappa shape index (κ2) is 9.59. The normalized spacial score (nSPS) is 10.8. The molecule has 1 heterocycles. The van der Waals surface area contributed by atoms with Crippen molar-refractivity contribution in [3.63, 3.8) is 0 Å². The molecule has 2 aromatic rings. The molecule has 140 valence electrons. The molecule has 0 aliphatic heterocycles. The van der Waals surface area contributed by atoms with Crippen LogP contribution >= 0.6 is 23.2 Å². The summed E-state index contributed by atoms with van der Waals surface area (Å²) in [6.07, 6.45) is 2.08. The number of ether oxygens (including phenoxy) is 1. The van der Waals surface area contributed by atoms with Gasteiger partial charge in [-0.3, -0.25) is 9.59 Å². The molecule has 1 aromatic carbocycles. The summed E-state index contributed by atoms with van der Waals surface area (Å²) >= 11 is 12.0. The molecule has 0 atom stereocenters. The number of oxazole rings is 1. The first-order chi connectivity index (χ1) is 12.3. The third-order valence-electron chi connectivity index (χ3n) is 3.33. The van der Waals surface area contributed by atoms with Crippen LogP contribution in [0, 0.1) is 0 Å². The first kappa shape index (κ1) is 20.3. The smallest absolute Gasteiger partial charge is 0.307 e. The van der Waals surface area contributed by atoms with E-state index in [2.05, 4.69) is 10.3 Å². The number of aryl methyl sites for hydroxylation is 1. The molecule has 0 aliphatic rings. The molecule has 26 heavy (non-hydrogen) atoms. The van der Waals surface area contributed by atoms with Crippen molar-refractivity contribution in [2.45, 2.75) is 39.2 Å². The summed E-state index contributed by atoms with van der Waals surface area (Å²) in [4.78, 5) is 27.4. The molecular weight excluding hydrogens is 379 g/mol. The molecule has 0 bridgehead atoms. The van der Waals surface area contributed by atoms with E-state index in [4.69, 9.17) is 32.4 Å². The van der Waals surface area contributed by atoms with Gasteiger partial charge in [-0.25, -0.2) is 4.98 Å². The number of benzene rings is 1. The molecule has 0 radical (unpaired) electrons. The summed E-state index contributed by atoms with van der Waals surface area (Å²) in [6, 6.07) is 5.08. The minimum atomic E-state index is -0.336. The third kappa shape index (κ3) is 6.35. The average molecular weight is 399 g/mol. The molecule has 0 aliphatic carbocycles. The third-order valence-corrected chi connectivity index (χ3v) is 3.88. The molecule has 1 amide bonds. The summed E-state index contributed by atoms with van der Waals surface area (Å²) in [5.74, 6) is 0.419. The number of hydrogen-bond acceptors (Lipinski definition) is 5. The van der Waals surface area contributed by atoms with Gasteiger partial charge in [-0.15, -0.1) is 0 Å². The van der Waals surface area contributed by atoms with Gasteiger partial charge >= 0.3 is 5.97 Å². The molecule has 0 unspecified atom stereocenters. The zero-order valence-electron chi connectivity index (χ0n) is 14.6. The first-order valence-corrected chi connectivity index (χ1v) is 8.97. The minimum absolute atomic E-state index is 0.141. The van der Waals surface area contributed by atoms with Crippen LogP contribution in [0.25, 0.3) is 11.3 Å². The van der Waals surface area contributed by atoms with Crippen molar-refractivity contribution in [2.24, 2.45) is 0 Å². The van der Waals surface area contributed by atoms with Gasteiger partial charge in [-0.1, -0.05) is 23.2 Å². The van der Waals surface area contributed by atoms with E-state index in [0.29, 0.717) is 33.7 Å². The van der Waals surface area contributed by atoms with Crippen LogP contribution in [0.2, 0.25) is 10.0 Å². The first-order valence-electron chi connectivity index (χ1n) is 8.21. The van der Waals surface area contributed by atoms with Gasteiger partial charge in [0, 0.05) is 30.0 Å². The van der Waals surface area contributed by atoms with Gasteiger partial charge in [0.2, 0.25) is 5.91 Å². The van der Waals surface area contributed by atoms with Crippen LogP contribution in [0.15, 0.2) is 28.8 Å². The second-order valence-corrected chi connectivity index (χ2v) is 6.72. The Balaban J connectivity index is 1.79. The van der Waals surface area contributed by atoms with E-state index < -0.39 is 0 Å². The second-order valence-electron chi connectivity index (χ2n) is 5.88. The molecule has 6 nitrogen and oxygen atoms in total. The van der Waals surface area contributed by atoms with Crippen LogP contribution in [-0.4, -0.2) is 29.5 Å². The Bertz CT molecular complexity index is 774. The number of nitrogens with one attached hydrogen (secondary N) is 1. The van der Waals surface area contributed by atoms with Crippen molar-refractivity contribution in [1.29, 1.82) is 0 Å². The van der Waals surface area contributed by atoms with Crippen molar-refractivity contribution in [3.8, 4) is 11.3 Å². The molecular formula is C18H20Cl2N2O4. The number of aromatic nitrogens is 1. The largest absolute Gasteiger partial charge is 0.463 e. The predicted octanol–water partition coefficient (Wildman–Crippen LogP) is 4.04. The van der Waals surface area contributed by atoms with Crippen LogP contribution in [-0.2, 0) is 20.7 Å². The van der Waals surface area contributed by atoms with E-state index in [1.165, 1.54) is 0 Å². The highest BCUT2D eigenvalue weighted by Gasteiger charge is 2.12. The Morgan fingerprint density at radius 2 is 2.04 bits per heavy atom. The fourth-order valence-corrected chi connectivity index (χ4v) is 2.68. The zero-order valence-corrected chi connectivity index (χ0v) is 16.1. The van der Waals surface area contributed by atoms with Crippen molar-refractivity contribution < 1.29 is 18.7 Å². The average Bonchev–Trinajstić information content (AvgIpc) is 3.01. The van der Waals surface area contributed by atoms with Gasteiger partial charge < -0.3 is 14.5 Å². The van der Waals surface area contributed by atoms with Gasteiger partial charge in [0.05, 0.1) is 23.7 Å². The lowest BCUT2D eigenvalue weighted by Gasteiger charge is -2.08. The SMILES string of the molecule is CC(C)OC(=O)CCNC(=O)CCc1ncc(-c2ccc(Cl)cc2Cl)o1. The van der Waals surface area contributed by atoms with Crippen molar-refractivity contribution >= 4 is 35.1 Å². The predicted molar refractivity (Wildman–Crippen MR) is 99.1 cm³/mol. The van der Waals surface area contributed by atoms with E-state index in [9.17, 15) is 9.59 Å². The number of amides is 1. The number of hydrogen-bond donors (Lipinski definition) is 1. The Hall–Kier alpha value is -2.05. The number of rotatable bonds is 8. The van der Waals surface area contributed by atoms with Crippen molar-refractivity contribution in [1.82, 2.24) is 10.3 Å². The number of carbonyl (C=O) groups excluding carboxylic acids is 2. The van der Waals surface area contributed by atoms with E-state index in [0.717, 1.165) is 0 Å². The Labute approximate surface area is 161 Å². The van der Waals surface area contributed by atoms with Crippen LogP contribution < -0.4 is 5.32 Å². The lowest BCUT2D eigenvalue weighted by molar-refractivity contribution is -0.147. The summed E-state index contributed by atoms with van der Waals surface area (Å²) in [6.45, 7) is 3.79. The Morgan fingerprint density at radius 1 is 1.27 bits per heavy atom. The molecule has 8 heteroatoms. The zero-order chi connectivity index (χ0) is 19.1. The van der Waals surface area contributed by atoms with Gasteiger partial charge in [-0.05, 0) is 32.0 Å². The van der Waals surface area contributed by atoms with E-state index >= 15 is 0 Å². The van der Waals surface area contributed by atoms with E-state index in [-0.39, 0.29) is 37.4 Å². The van der Waals surface area contributed by atoms with Crippen molar-refractivity contribution in [3.05, 3.63) is 40.3 Å². The van der Waals surface area contributed by atoms with Crippen LogP contribution in [0.5, 0.6) is 0 Å². The van der Waals surface area contributed by atoms with Gasteiger partial charge in [0.25, 0.3) is 0 Å². The number of nitrogens with zero attached hydrogens (tertiary/aromatic N) is 1. The number of esters is 1. The fraction of sp³-hybridized carbons (Fsp3) is 0.389. The summed E-state index contributed by atoms with van der Waals surface area (Å²) < 4.78 is 10.6. The monoisotopic (exact) mass is 398 g/mol. The van der Waals surface area contributed by atoms with Crippen LogP contribution in [0.1, 0.15) is 32.6 Å². The highest BCUT2D eigenvalue weighted by molar-refractivity contribution is 6.36. The minimum Gasteiger partial charge on any atom is -0.463 e. The number of carbonyl (C=O) groups is 2. The highest BCUT2D eigenvalue weighted by atomic mass is 35.5. The number of halogens is 2. The topological polar surface area (TPSA) is 81.4 Å². The van der Waals surface area contributed by atoms with Gasteiger partial charge in [0.1, 0.15) is 0 Å². The summed E-state index contributed by atoms with van der Waals surface area (Å²) in [5.41, 5.74) is 0.683. The highest BCUT2D eigenvalue weighted by Crippen LogP contribution is 2.30. The quantitative estimate of drug-likeness (QED) is 0.678. The Morgan fingerprint density at radius 3 is 2.73 bits per heavy atom. The lowest BCUT2D eigenvalue weighted by atomic mass is 10.2. The molecule has 0 saturated heterocycles. The molecule has 1 N–H and O–H groups in total. The molecule has 0 spiro atoms. The van der Waals surface area contributed by atoms with Crippen molar-refractivity contribution in [2.75, 3.05) is 6.54 Å². The maximum absolute atomic E-state index is 11.8. The molecule has 0 saturated carbocycles. The summed E-state index contributed by atoms with van der Waals surface area (Å²) in [5, 5.41) is 3.66. The standard InChI is InChI=1S/C18H20Cl2N2O4/c1-11(2)25-18(24)7-8-21-16(23)5-6-17-22-10-15(26-17)13-4-3-12(19)9-14(13)20/h3-4,9-11H,5-8H2,1-2H3,(H,21,23). The van der Waals surface area contributed by atoms with Gasteiger partial charge in [0.15, 0.2) is 11.7 Å². The maximum Gasteiger partial charge on any atom is 0.307 e. The van der Waals surface area contributed by atoms with E-state index in [1.807, 2.05) is 0 Å². The fourth-order valence-electron chi connectivity index (χ4n) is 2.17. The maximum atomic E-state index is 11.8. The van der Waals surface area contributed by atoms with Crippen LogP contribution in [0.3, 0.4) is 0 Å².